The van der Waals surface area contributed by atoms with E-state index in [-0.39, 0.29) is 22.5 Å². The summed E-state index contributed by atoms with van der Waals surface area (Å²) in [5, 5.41) is 10.7. The molecule has 0 aromatic rings. The molecule has 19 heavy (non-hydrogen) atoms. The maximum atomic E-state index is 10.5. The zero-order valence-electron chi connectivity index (χ0n) is 14.0. The molecular formula is C16H32O2Si. The summed E-state index contributed by atoms with van der Waals surface area (Å²) in [6, 6.07) is 0. The Morgan fingerprint density at radius 2 is 1.74 bits per heavy atom. The molecule has 112 valence electrons. The largest absolute Gasteiger partial charge is 0.413 e. The van der Waals surface area contributed by atoms with E-state index >= 15 is 0 Å². The average molecular weight is 285 g/mol. The van der Waals surface area contributed by atoms with Crippen LogP contribution in [0.15, 0.2) is 12.7 Å². The molecule has 1 rings (SSSR count). The molecule has 1 N–H and O–H groups in total. The quantitative estimate of drug-likeness (QED) is 0.614. The summed E-state index contributed by atoms with van der Waals surface area (Å²) >= 11 is 0. The average Bonchev–Trinajstić information content (AvgIpc) is 2.10. The van der Waals surface area contributed by atoms with E-state index in [1.165, 1.54) is 0 Å². The second kappa shape index (κ2) is 4.71. The third-order valence-electron chi connectivity index (χ3n) is 5.20. The Bertz CT molecular complexity index is 349. The van der Waals surface area contributed by atoms with Gasteiger partial charge in [-0.2, -0.15) is 0 Å². The van der Waals surface area contributed by atoms with Crippen molar-refractivity contribution in [3.63, 3.8) is 0 Å². The van der Waals surface area contributed by atoms with Crippen LogP contribution < -0.4 is 0 Å². The van der Waals surface area contributed by atoms with Crippen LogP contribution >= 0.6 is 0 Å². The maximum absolute atomic E-state index is 10.5. The number of aliphatic hydroxyl groups is 1. The zero-order chi connectivity index (χ0) is 15.3. The molecule has 1 aliphatic rings. The minimum atomic E-state index is -1.78. The van der Waals surface area contributed by atoms with Gasteiger partial charge < -0.3 is 9.53 Å². The lowest BCUT2D eigenvalue weighted by Crippen LogP contribution is -2.62. The van der Waals surface area contributed by atoms with Crippen molar-refractivity contribution in [2.45, 2.75) is 77.8 Å². The highest BCUT2D eigenvalue weighted by Crippen LogP contribution is 2.55. The Kier molecular flexibility index (Phi) is 4.20. The number of hydrogen-bond acceptors (Lipinski definition) is 2. The van der Waals surface area contributed by atoms with Crippen LogP contribution in [0.1, 0.15) is 48.0 Å². The maximum Gasteiger partial charge on any atom is 0.192 e. The summed E-state index contributed by atoms with van der Waals surface area (Å²) in [7, 11) is -1.78. The molecule has 0 bridgehead atoms. The topological polar surface area (TPSA) is 29.5 Å². The van der Waals surface area contributed by atoms with Crippen LogP contribution in [-0.4, -0.2) is 25.1 Å². The Hall–Kier alpha value is -0.123. The van der Waals surface area contributed by atoms with Crippen LogP contribution in [0.25, 0.3) is 0 Å². The molecule has 0 spiro atoms. The predicted molar refractivity (Wildman–Crippen MR) is 84.8 cm³/mol. The van der Waals surface area contributed by atoms with E-state index in [1.807, 2.05) is 19.9 Å². The molecule has 0 amide bonds. The van der Waals surface area contributed by atoms with Crippen molar-refractivity contribution in [3.8, 4) is 0 Å². The fourth-order valence-electron chi connectivity index (χ4n) is 3.08. The first-order valence-electron chi connectivity index (χ1n) is 7.28. The molecule has 0 saturated heterocycles. The first-order chi connectivity index (χ1) is 8.24. The number of hydrogen-bond donors (Lipinski definition) is 1. The van der Waals surface area contributed by atoms with E-state index in [2.05, 4.69) is 47.4 Å². The van der Waals surface area contributed by atoms with Crippen LogP contribution in [-0.2, 0) is 4.43 Å². The van der Waals surface area contributed by atoms with Crippen LogP contribution in [0.4, 0.5) is 0 Å². The fourth-order valence-corrected chi connectivity index (χ4v) is 4.41. The van der Waals surface area contributed by atoms with E-state index in [9.17, 15) is 5.11 Å². The van der Waals surface area contributed by atoms with E-state index in [0.717, 1.165) is 6.42 Å². The van der Waals surface area contributed by atoms with Gasteiger partial charge >= 0.3 is 0 Å². The lowest BCUT2D eigenvalue weighted by molar-refractivity contribution is -0.158. The molecular weight excluding hydrogens is 252 g/mol. The van der Waals surface area contributed by atoms with Crippen molar-refractivity contribution in [2.24, 2.45) is 11.3 Å². The van der Waals surface area contributed by atoms with Crippen molar-refractivity contribution in [1.82, 2.24) is 0 Å². The van der Waals surface area contributed by atoms with Gasteiger partial charge in [-0.3, -0.25) is 0 Å². The van der Waals surface area contributed by atoms with Crippen molar-refractivity contribution in [1.29, 1.82) is 0 Å². The monoisotopic (exact) mass is 284 g/mol. The van der Waals surface area contributed by atoms with Gasteiger partial charge in [0.05, 0.1) is 11.7 Å². The predicted octanol–water partition coefficient (Wildman–Crippen LogP) is 4.36. The SMILES string of the molecule is C=CC1(C)CC(O[Si](C)(C)C(C)(C)C)C1C(C)(C)O. The summed E-state index contributed by atoms with van der Waals surface area (Å²) in [5.41, 5.74) is -0.737. The van der Waals surface area contributed by atoms with Gasteiger partial charge in [0.2, 0.25) is 0 Å². The van der Waals surface area contributed by atoms with Crippen LogP contribution in [0.2, 0.25) is 18.1 Å². The van der Waals surface area contributed by atoms with Crippen LogP contribution in [0.3, 0.4) is 0 Å². The van der Waals surface area contributed by atoms with Gasteiger partial charge in [-0.1, -0.05) is 33.8 Å². The molecule has 3 atom stereocenters. The Morgan fingerprint density at radius 1 is 1.26 bits per heavy atom. The van der Waals surface area contributed by atoms with Crippen molar-refractivity contribution < 1.29 is 9.53 Å². The molecule has 0 aromatic carbocycles. The van der Waals surface area contributed by atoms with Crippen molar-refractivity contribution in [3.05, 3.63) is 12.7 Å². The van der Waals surface area contributed by atoms with E-state index in [4.69, 9.17) is 4.43 Å². The van der Waals surface area contributed by atoms with Crippen LogP contribution in [0.5, 0.6) is 0 Å². The lowest BCUT2D eigenvalue weighted by atomic mass is 9.54. The normalized spacial score (nSPS) is 32.9. The number of allylic oxidation sites excluding steroid dienone is 1. The molecule has 3 heteroatoms. The lowest BCUT2D eigenvalue weighted by Gasteiger charge is -2.59. The van der Waals surface area contributed by atoms with Gasteiger partial charge in [-0.15, -0.1) is 6.58 Å². The highest BCUT2D eigenvalue weighted by atomic mass is 28.4. The Balaban J connectivity index is 2.91. The smallest absolute Gasteiger partial charge is 0.192 e. The molecule has 0 heterocycles. The van der Waals surface area contributed by atoms with E-state index in [1.54, 1.807) is 0 Å². The van der Waals surface area contributed by atoms with E-state index < -0.39 is 13.9 Å². The molecule has 1 aliphatic carbocycles. The zero-order valence-corrected chi connectivity index (χ0v) is 15.0. The summed E-state index contributed by atoms with van der Waals surface area (Å²) in [4.78, 5) is 0. The van der Waals surface area contributed by atoms with Crippen molar-refractivity contribution >= 4 is 8.32 Å². The first kappa shape index (κ1) is 16.9. The van der Waals surface area contributed by atoms with Gasteiger partial charge in [0.25, 0.3) is 0 Å². The van der Waals surface area contributed by atoms with Gasteiger partial charge in [0, 0.05) is 5.92 Å². The molecule has 0 aromatic heterocycles. The Labute approximate surface area is 120 Å². The summed E-state index contributed by atoms with van der Waals surface area (Å²) < 4.78 is 6.51. The molecule has 0 aliphatic heterocycles. The van der Waals surface area contributed by atoms with Gasteiger partial charge in [0.1, 0.15) is 0 Å². The molecule has 1 fully saturated rings. The third kappa shape index (κ3) is 3.14. The highest BCUT2D eigenvalue weighted by Gasteiger charge is 2.57. The number of rotatable bonds is 4. The molecule has 2 nitrogen and oxygen atoms in total. The molecule has 0 radical (unpaired) electrons. The van der Waals surface area contributed by atoms with Gasteiger partial charge in [-0.05, 0) is 43.8 Å². The fraction of sp³-hybridized carbons (Fsp3) is 0.875. The Morgan fingerprint density at radius 3 is 2.05 bits per heavy atom. The van der Waals surface area contributed by atoms with Gasteiger partial charge in [-0.25, -0.2) is 0 Å². The van der Waals surface area contributed by atoms with Gasteiger partial charge in [0.15, 0.2) is 8.32 Å². The second-order valence-electron chi connectivity index (χ2n) is 8.46. The highest BCUT2D eigenvalue weighted by molar-refractivity contribution is 6.74. The van der Waals surface area contributed by atoms with E-state index in [0.29, 0.717) is 0 Å². The summed E-state index contributed by atoms with van der Waals surface area (Å²) in [5.74, 6) is 0.131. The molecule has 1 saturated carbocycles. The van der Waals surface area contributed by atoms with Crippen molar-refractivity contribution in [2.75, 3.05) is 0 Å². The minimum Gasteiger partial charge on any atom is -0.413 e. The minimum absolute atomic E-state index is 0.00865. The van der Waals surface area contributed by atoms with Crippen LogP contribution in [0, 0.1) is 11.3 Å². The summed E-state index contributed by atoms with van der Waals surface area (Å²) in [6.45, 7) is 21.2. The summed E-state index contributed by atoms with van der Waals surface area (Å²) in [6.07, 6.45) is 3.11. The third-order valence-corrected chi connectivity index (χ3v) is 9.71. The first-order valence-corrected chi connectivity index (χ1v) is 10.2. The second-order valence-corrected chi connectivity index (χ2v) is 13.2. The standard InChI is InChI=1S/C16H32O2Si/c1-10-16(7)11-12(13(16)15(5,6)17)18-19(8,9)14(2,3)4/h10,12-13,17H,1,11H2,2-9H3. The molecule has 3 unspecified atom stereocenters.